The van der Waals surface area contributed by atoms with Crippen LogP contribution in [0.3, 0.4) is 0 Å². The molecule has 0 N–H and O–H groups in total. The van der Waals surface area contributed by atoms with Crippen LogP contribution in [0, 0.1) is 11.3 Å². The molecule has 0 heterocycles. The third kappa shape index (κ3) is 1.88. The maximum atomic E-state index is 8.89. The molecule has 0 radical (unpaired) electrons. The van der Waals surface area contributed by atoms with E-state index >= 15 is 0 Å². The summed E-state index contributed by atoms with van der Waals surface area (Å²) in [6.45, 7) is 0. The van der Waals surface area contributed by atoms with Crippen LogP contribution in [0.5, 0.6) is 0 Å². The number of rotatable bonds is 1. The fourth-order valence-corrected chi connectivity index (χ4v) is 1.81. The molecule has 0 saturated carbocycles. The molecule has 0 saturated heterocycles. The molecule has 0 fully saturated rings. The quantitative estimate of drug-likeness (QED) is 0.717. The molecule has 2 rings (SSSR count). The molecule has 0 bridgehead atoms. The third-order valence-electron chi connectivity index (χ3n) is 2.24. The van der Waals surface area contributed by atoms with Gasteiger partial charge in [0.15, 0.2) is 0 Å². The molecule has 0 spiro atoms. The van der Waals surface area contributed by atoms with Gasteiger partial charge in [0, 0.05) is 4.90 Å². The standard InChI is InChI=1S/C13H9NS/c14-9-11-7-4-8-12(13(11)15)10-5-2-1-3-6-10/h1-8,15H. The van der Waals surface area contributed by atoms with Gasteiger partial charge in [0.1, 0.15) is 6.07 Å². The number of hydrogen-bond donors (Lipinski definition) is 1. The Labute approximate surface area is 94.4 Å². The van der Waals surface area contributed by atoms with Crippen LogP contribution in [0.4, 0.5) is 0 Å². The molecule has 2 heteroatoms. The molecule has 2 aromatic rings. The van der Waals surface area contributed by atoms with Crippen molar-refractivity contribution >= 4 is 12.6 Å². The van der Waals surface area contributed by atoms with E-state index in [1.807, 2.05) is 42.5 Å². The average molecular weight is 211 g/mol. The second-order valence-electron chi connectivity index (χ2n) is 3.18. The van der Waals surface area contributed by atoms with Gasteiger partial charge in [0.05, 0.1) is 5.56 Å². The molecule has 0 atom stereocenters. The van der Waals surface area contributed by atoms with E-state index in [1.54, 1.807) is 6.07 Å². The van der Waals surface area contributed by atoms with Gasteiger partial charge in [0.2, 0.25) is 0 Å². The maximum Gasteiger partial charge on any atom is 0.100 e. The molecule has 0 unspecified atom stereocenters. The minimum Gasteiger partial charge on any atom is -0.192 e. The van der Waals surface area contributed by atoms with Crippen molar-refractivity contribution in [3.05, 3.63) is 54.1 Å². The SMILES string of the molecule is N#Cc1cccc(-c2ccccc2)c1S. The zero-order chi connectivity index (χ0) is 10.7. The van der Waals surface area contributed by atoms with Crippen LogP contribution in [0.1, 0.15) is 5.56 Å². The number of nitriles is 1. The number of thiol groups is 1. The molecule has 0 aliphatic carbocycles. The summed E-state index contributed by atoms with van der Waals surface area (Å²) in [4.78, 5) is 0.742. The van der Waals surface area contributed by atoms with E-state index in [0.717, 1.165) is 16.0 Å². The van der Waals surface area contributed by atoms with Crippen molar-refractivity contribution < 1.29 is 0 Å². The van der Waals surface area contributed by atoms with Crippen molar-refractivity contribution in [3.63, 3.8) is 0 Å². The molecule has 72 valence electrons. The van der Waals surface area contributed by atoms with E-state index in [4.69, 9.17) is 5.26 Å². The topological polar surface area (TPSA) is 23.8 Å². The molecule has 0 aliphatic heterocycles. The second-order valence-corrected chi connectivity index (χ2v) is 3.63. The van der Waals surface area contributed by atoms with Crippen LogP contribution in [-0.2, 0) is 0 Å². The summed E-state index contributed by atoms with van der Waals surface area (Å²) >= 11 is 4.38. The van der Waals surface area contributed by atoms with Gasteiger partial charge < -0.3 is 0 Å². The normalized spacial score (nSPS) is 9.60. The highest BCUT2D eigenvalue weighted by Gasteiger charge is 2.05. The van der Waals surface area contributed by atoms with Crippen LogP contribution < -0.4 is 0 Å². The lowest BCUT2D eigenvalue weighted by Crippen LogP contribution is -1.83. The van der Waals surface area contributed by atoms with Gasteiger partial charge in [0.25, 0.3) is 0 Å². The van der Waals surface area contributed by atoms with Crippen molar-refractivity contribution in [1.82, 2.24) is 0 Å². The van der Waals surface area contributed by atoms with Gasteiger partial charge in [-0.15, -0.1) is 12.6 Å². The van der Waals surface area contributed by atoms with Crippen LogP contribution in [-0.4, -0.2) is 0 Å². The van der Waals surface area contributed by atoms with Crippen molar-refractivity contribution in [2.75, 3.05) is 0 Å². The fourth-order valence-electron chi connectivity index (χ4n) is 1.48. The Kier molecular flexibility index (Phi) is 2.75. The van der Waals surface area contributed by atoms with E-state index in [1.165, 1.54) is 0 Å². The van der Waals surface area contributed by atoms with Gasteiger partial charge in [-0.05, 0) is 17.2 Å². The first-order valence-corrected chi connectivity index (χ1v) is 5.05. The van der Waals surface area contributed by atoms with Gasteiger partial charge in [-0.3, -0.25) is 0 Å². The zero-order valence-corrected chi connectivity index (χ0v) is 8.91. The minimum absolute atomic E-state index is 0.611. The Hall–Kier alpha value is -1.72. The number of benzene rings is 2. The summed E-state index contributed by atoms with van der Waals surface area (Å²) in [5.74, 6) is 0. The molecule has 0 aromatic heterocycles. The molecule has 2 aromatic carbocycles. The van der Waals surface area contributed by atoms with Crippen LogP contribution in [0.15, 0.2) is 53.4 Å². The molecule has 0 aliphatic rings. The highest BCUT2D eigenvalue weighted by Crippen LogP contribution is 2.28. The Morgan fingerprint density at radius 2 is 1.67 bits per heavy atom. The summed E-state index contributed by atoms with van der Waals surface area (Å²) in [5.41, 5.74) is 2.69. The Morgan fingerprint density at radius 3 is 2.33 bits per heavy atom. The van der Waals surface area contributed by atoms with Crippen LogP contribution in [0.2, 0.25) is 0 Å². The lowest BCUT2D eigenvalue weighted by molar-refractivity contribution is 1.37. The predicted molar refractivity (Wildman–Crippen MR) is 63.8 cm³/mol. The molecule has 1 nitrogen and oxygen atoms in total. The van der Waals surface area contributed by atoms with Crippen LogP contribution in [0.25, 0.3) is 11.1 Å². The smallest absolute Gasteiger partial charge is 0.100 e. The van der Waals surface area contributed by atoms with E-state index < -0.39 is 0 Å². The monoisotopic (exact) mass is 211 g/mol. The van der Waals surface area contributed by atoms with Crippen molar-refractivity contribution in [2.45, 2.75) is 4.90 Å². The van der Waals surface area contributed by atoms with Crippen LogP contribution >= 0.6 is 12.6 Å². The van der Waals surface area contributed by atoms with Gasteiger partial charge in [-0.1, -0.05) is 42.5 Å². The molecule has 15 heavy (non-hydrogen) atoms. The van der Waals surface area contributed by atoms with Crippen molar-refractivity contribution in [3.8, 4) is 17.2 Å². The Morgan fingerprint density at radius 1 is 0.933 bits per heavy atom. The lowest BCUT2D eigenvalue weighted by Gasteiger charge is -2.05. The lowest BCUT2D eigenvalue weighted by atomic mass is 10.0. The first kappa shape index (κ1) is 9.82. The first-order chi connectivity index (χ1) is 7.33. The van der Waals surface area contributed by atoms with Gasteiger partial charge >= 0.3 is 0 Å². The third-order valence-corrected chi connectivity index (χ3v) is 2.72. The number of nitrogens with zero attached hydrogens (tertiary/aromatic N) is 1. The van der Waals surface area contributed by atoms with Gasteiger partial charge in [-0.25, -0.2) is 0 Å². The summed E-state index contributed by atoms with van der Waals surface area (Å²) in [6, 6.07) is 17.7. The summed E-state index contributed by atoms with van der Waals surface area (Å²) < 4.78 is 0. The van der Waals surface area contributed by atoms with E-state index in [2.05, 4.69) is 18.7 Å². The van der Waals surface area contributed by atoms with Crippen molar-refractivity contribution in [1.29, 1.82) is 5.26 Å². The molecule has 0 amide bonds. The fraction of sp³-hybridized carbons (Fsp3) is 0. The summed E-state index contributed by atoms with van der Waals surface area (Å²) in [5, 5.41) is 8.89. The second kappa shape index (κ2) is 4.20. The van der Waals surface area contributed by atoms with E-state index in [-0.39, 0.29) is 0 Å². The average Bonchev–Trinajstić information content (AvgIpc) is 2.30. The van der Waals surface area contributed by atoms with E-state index in [0.29, 0.717) is 5.56 Å². The Balaban J connectivity index is 2.61. The minimum atomic E-state index is 0.611. The molecular weight excluding hydrogens is 202 g/mol. The first-order valence-electron chi connectivity index (χ1n) is 4.60. The van der Waals surface area contributed by atoms with E-state index in [9.17, 15) is 0 Å². The summed E-state index contributed by atoms with van der Waals surface area (Å²) in [6.07, 6.45) is 0. The predicted octanol–water partition coefficient (Wildman–Crippen LogP) is 3.51. The Bertz CT molecular complexity index is 512. The maximum absolute atomic E-state index is 8.89. The molecular formula is C13H9NS. The highest BCUT2D eigenvalue weighted by molar-refractivity contribution is 7.80. The number of hydrogen-bond acceptors (Lipinski definition) is 2. The summed E-state index contributed by atoms with van der Waals surface area (Å²) in [7, 11) is 0. The zero-order valence-electron chi connectivity index (χ0n) is 8.01. The van der Waals surface area contributed by atoms with Crippen molar-refractivity contribution in [2.24, 2.45) is 0 Å². The highest BCUT2D eigenvalue weighted by atomic mass is 32.1. The largest absolute Gasteiger partial charge is 0.192 e. The van der Waals surface area contributed by atoms with Gasteiger partial charge in [-0.2, -0.15) is 5.26 Å².